The van der Waals surface area contributed by atoms with Gasteiger partial charge in [0.1, 0.15) is 5.82 Å². The minimum Gasteiger partial charge on any atom is -0.494 e. The predicted octanol–water partition coefficient (Wildman–Crippen LogP) is 4.62. The van der Waals surface area contributed by atoms with Gasteiger partial charge in [0.05, 0.1) is 35.2 Å². The zero-order chi connectivity index (χ0) is 21.3. The van der Waals surface area contributed by atoms with E-state index in [9.17, 15) is 17.6 Å². The lowest BCUT2D eigenvalue weighted by Crippen LogP contribution is -2.41. The maximum atomic E-state index is 14.3. The van der Waals surface area contributed by atoms with E-state index in [0.717, 1.165) is 0 Å². The maximum Gasteiger partial charge on any atom is 0.254 e. The van der Waals surface area contributed by atoms with Crippen LogP contribution in [0.3, 0.4) is 0 Å². The molecule has 29 heavy (non-hydrogen) atoms. The molecule has 3 rings (SSSR count). The van der Waals surface area contributed by atoms with Crippen molar-refractivity contribution in [3.63, 3.8) is 0 Å². The van der Waals surface area contributed by atoms with Crippen molar-refractivity contribution in [2.45, 2.75) is 19.0 Å². The van der Waals surface area contributed by atoms with Gasteiger partial charge in [-0.15, -0.1) is 0 Å². The van der Waals surface area contributed by atoms with Gasteiger partial charge < -0.3 is 9.64 Å². The molecule has 1 aliphatic rings. The van der Waals surface area contributed by atoms with Crippen molar-refractivity contribution in [1.82, 2.24) is 4.90 Å². The van der Waals surface area contributed by atoms with E-state index in [-0.39, 0.29) is 56.4 Å². The van der Waals surface area contributed by atoms with E-state index in [1.54, 1.807) is 0 Å². The van der Waals surface area contributed by atoms with Gasteiger partial charge in [0.25, 0.3) is 5.91 Å². The van der Waals surface area contributed by atoms with Gasteiger partial charge in [-0.2, -0.15) is 0 Å². The molecule has 1 fully saturated rings. The number of hydrogen-bond acceptors (Lipinski definition) is 4. The van der Waals surface area contributed by atoms with Crippen LogP contribution in [0.25, 0.3) is 0 Å². The van der Waals surface area contributed by atoms with Crippen LogP contribution in [-0.2, 0) is 16.4 Å². The van der Waals surface area contributed by atoms with E-state index in [2.05, 4.69) is 0 Å². The fraction of sp³-hybridized carbons (Fsp3) is 0.316. The first kappa shape index (κ1) is 22.2. The van der Waals surface area contributed by atoms with Gasteiger partial charge >= 0.3 is 0 Å². The number of carbonyl (C=O) groups is 1. The molecule has 10 heteroatoms. The second-order valence-corrected chi connectivity index (χ2v) is 10.1. The number of rotatable bonds is 5. The molecule has 5 nitrogen and oxygen atoms in total. The van der Waals surface area contributed by atoms with Gasteiger partial charge in [0.15, 0.2) is 15.6 Å². The zero-order valence-electron chi connectivity index (χ0n) is 15.3. The van der Waals surface area contributed by atoms with Crippen LogP contribution in [0.15, 0.2) is 30.3 Å². The molecule has 0 saturated carbocycles. The Bertz CT molecular complexity index is 1020. The third-order valence-electron chi connectivity index (χ3n) is 4.75. The number of benzene rings is 2. The third kappa shape index (κ3) is 4.79. The van der Waals surface area contributed by atoms with E-state index in [1.165, 1.54) is 42.3 Å². The van der Waals surface area contributed by atoms with Crippen molar-refractivity contribution in [1.29, 1.82) is 0 Å². The summed E-state index contributed by atoms with van der Waals surface area (Å²) in [6, 6.07) is 6.34. The lowest BCUT2D eigenvalue weighted by atomic mass is 10.1. The summed E-state index contributed by atoms with van der Waals surface area (Å²) in [5.41, 5.74) is 0.245. The molecule has 1 heterocycles. The van der Waals surface area contributed by atoms with Crippen LogP contribution in [0.4, 0.5) is 4.39 Å². The smallest absolute Gasteiger partial charge is 0.254 e. The summed E-state index contributed by atoms with van der Waals surface area (Å²) in [5, 5.41) is 0.409. The molecule has 156 valence electrons. The van der Waals surface area contributed by atoms with Crippen molar-refractivity contribution in [2.24, 2.45) is 0 Å². The summed E-state index contributed by atoms with van der Waals surface area (Å²) in [7, 11) is -1.90. The monoisotopic (exact) mass is 479 g/mol. The van der Waals surface area contributed by atoms with E-state index in [1.807, 2.05) is 0 Å². The fourth-order valence-electron chi connectivity index (χ4n) is 3.29. The summed E-state index contributed by atoms with van der Waals surface area (Å²) in [6.45, 7) is -0.189. The number of hydrogen-bond donors (Lipinski definition) is 0. The Balaban J connectivity index is 2.02. The van der Waals surface area contributed by atoms with Gasteiger partial charge in [-0.3, -0.25) is 4.79 Å². The quantitative estimate of drug-likeness (QED) is 0.626. The summed E-state index contributed by atoms with van der Waals surface area (Å²) < 4.78 is 43.4. The highest BCUT2D eigenvalue weighted by Gasteiger charge is 2.36. The molecule has 0 aliphatic carbocycles. The first-order chi connectivity index (χ1) is 13.6. The van der Waals surface area contributed by atoms with Gasteiger partial charge in [-0.05, 0) is 30.7 Å². The summed E-state index contributed by atoms with van der Waals surface area (Å²) in [6.07, 6.45) is 0.248. The Morgan fingerprint density at radius 1 is 1.21 bits per heavy atom. The number of ether oxygens (including phenoxy) is 1. The van der Waals surface area contributed by atoms with Crippen LogP contribution in [0, 0.1) is 5.82 Å². The SMILES string of the molecule is COc1c(Cl)cc(C(=O)N(Cc2c(F)cccc2Cl)[C@@H]2CCS(=O)(=O)C2)cc1Cl. The molecule has 0 N–H and O–H groups in total. The average Bonchev–Trinajstić information content (AvgIpc) is 3.00. The Morgan fingerprint density at radius 3 is 2.38 bits per heavy atom. The van der Waals surface area contributed by atoms with Crippen LogP contribution in [0.1, 0.15) is 22.3 Å². The Kier molecular flexibility index (Phi) is 6.63. The Hall–Kier alpha value is -1.54. The average molecular weight is 481 g/mol. The second kappa shape index (κ2) is 8.68. The predicted molar refractivity (Wildman–Crippen MR) is 111 cm³/mol. The van der Waals surface area contributed by atoms with E-state index < -0.39 is 27.6 Å². The fourth-order valence-corrected chi connectivity index (χ4v) is 5.88. The molecular weight excluding hydrogens is 464 g/mol. The Morgan fingerprint density at radius 2 is 1.86 bits per heavy atom. The lowest BCUT2D eigenvalue weighted by Gasteiger charge is -2.29. The molecule has 0 radical (unpaired) electrons. The van der Waals surface area contributed by atoms with E-state index in [4.69, 9.17) is 39.5 Å². The molecule has 1 atom stereocenters. The van der Waals surface area contributed by atoms with Gasteiger partial charge in [0, 0.05) is 22.2 Å². The molecule has 2 aromatic rings. The largest absolute Gasteiger partial charge is 0.494 e. The normalized spacial score (nSPS) is 17.9. The Labute approximate surface area is 183 Å². The number of nitrogens with zero attached hydrogens (tertiary/aromatic N) is 1. The van der Waals surface area contributed by atoms with Gasteiger partial charge in [-0.1, -0.05) is 40.9 Å². The number of sulfone groups is 1. The highest BCUT2D eigenvalue weighted by atomic mass is 35.5. The topological polar surface area (TPSA) is 63.7 Å². The standard InChI is InChI=1S/C19H17Cl3FNO4S/c1-28-18-15(21)7-11(8-16(18)22)19(25)24(12-5-6-29(26,27)10-12)9-13-14(20)3-2-4-17(13)23/h2-4,7-8,12H,5-6,9-10H2,1H3/t12-/m1/s1. The third-order valence-corrected chi connectivity index (χ3v) is 7.42. The molecular formula is C19H17Cl3FNO4S. The number of methoxy groups -OCH3 is 1. The van der Waals surface area contributed by atoms with Crippen molar-refractivity contribution >= 4 is 50.5 Å². The highest BCUT2D eigenvalue weighted by Crippen LogP contribution is 2.35. The number of amides is 1. The van der Waals surface area contributed by atoms with Crippen LogP contribution in [0.5, 0.6) is 5.75 Å². The van der Waals surface area contributed by atoms with Crippen molar-refractivity contribution in [2.75, 3.05) is 18.6 Å². The molecule has 0 spiro atoms. The van der Waals surface area contributed by atoms with Crippen molar-refractivity contribution < 1.29 is 22.3 Å². The summed E-state index contributed by atoms with van der Waals surface area (Å²) >= 11 is 18.4. The minimum absolute atomic E-state index is 0.0451. The molecule has 1 saturated heterocycles. The maximum absolute atomic E-state index is 14.3. The number of halogens is 4. The van der Waals surface area contributed by atoms with Crippen molar-refractivity contribution in [3.05, 3.63) is 62.3 Å². The van der Waals surface area contributed by atoms with Crippen LogP contribution in [0.2, 0.25) is 15.1 Å². The molecule has 0 bridgehead atoms. The highest BCUT2D eigenvalue weighted by molar-refractivity contribution is 7.91. The number of carbonyl (C=O) groups excluding carboxylic acids is 1. The van der Waals surface area contributed by atoms with Crippen LogP contribution < -0.4 is 4.74 Å². The molecule has 1 aliphatic heterocycles. The van der Waals surface area contributed by atoms with Crippen LogP contribution >= 0.6 is 34.8 Å². The molecule has 2 aromatic carbocycles. The van der Waals surface area contributed by atoms with E-state index in [0.29, 0.717) is 0 Å². The van der Waals surface area contributed by atoms with Crippen molar-refractivity contribution in [3.8, 4) is 5.75 Å². The minimum atomic E-state index is -3.29. The summed E-state index contributed by atoms with van der Waals surface area (Å²) in [5.74, 6) is -1.14. The van der Waals surface area contributed by atoms with Crippen LogP contribution in [-0.4, -0.2) is 43.9 Å². The molecule has 0 aromatic heterocycles. The summed E-state index contributed by atoms with van der Waals surface area (Å²) in [4.78, 5) is 14.6. The zero-order valence-corrected chi connectivity index (χ0v) is 18.4. The van der Waals surface area contributed by atoms with E-state index >= 15 is 0 Å². The molecule has 0 unspecified atom stereocenters. The van der Waals surface area contributed by atoms with Gasteiger partial charge in [0.2, 0.25) is 0 Å². The first-order valence-corrected chi connectivity index (χ1v) is 11.6. The lowest BCUT2D eigenvalue weighted by molar-refractivity contribution is 0.0679. The van der Waals surface area contributed by atoms with Gasteiger partial charge in [-0.25, -0.2) is 12.8 Å². The second-order valence-electron chi connectivity index (χ2n) is 6.66. The first-order valence-electron chi connectivity index (χ1n) is 8.60. The molecule has 1 amide bonds.